The quantitative estimate of drug-likeness (QED) is 0.466. The predicted octanol–water partition coefficient (Wildman–Crippen LogP) is 4.06. The second-order valence-corrected chi connectivity index (χ2v) is 3.82. The Balaban J connectivity index is 1.93. The Bertz CT molecular complexity index is 252. The zero-order valence-electron chi connectivity index (χ0n) is 9.61. The second kappa shape index (κ2) is 8.27. The van der Waals surface area contributed by atoms with Gasteiger partial charge >= 0.3 is 0 Å². The molecular weight excluding hydrogens is 186 g/mol. The van der Waals surface area contributed by atoms with Crippen molar-refractivity contribution < 1.29 is 4.42 Å². The molecule has 1 rings (SSSR count). The molecule has 0 aliphatic carbocycles. The summed E-state index contributed by atoms with van der Waals surface area (Å²) in [6.07, 6.45) is 11.4. The number of hydrogen-bond acceptors (Lipinski definition) is 2. The number of hydrogen-bond donors (Lipinski definition) is 0. The summed E-state index contributed by atoms with van der Waals surface area (Å²) in [5.41, 5.74) is 0. The molecule has 0 saturated heterocycles. The van der Waals surface area contributed by atoms with Crippen molar-refractivity contribution in [1.29, 1.82) is 0 Å². The minimum absolute atomic E-state index is 0.848. The Labute approximate surface area is 92.4 Å². The first kappa shape index (κ1) is 12.0. The molecule has 0 amide bonds. The average Bonchev–Trinajstić information content (AvgIpc) is 2.75. The number of aliphatic imine (C=N–C) groups is 1. The first-order valence-corrected chi connectivity index (χ1v) is 5.97. The van der Waals surface area contributed by atoms with E-state index in [1.165, 1.54) is 38.5 Å². The molecule has 0 bridgehead atoms. The Morgan fingerprint density at radius 1 is 1.20 bits per heavy atom. The molecule has 0 unspecified atom stereocenters. The van der Waals surface area contributed by atoms with Gasteiger partial charge in [0.15, 0.2) is 0 Å². The zero-order valence-corrected chi connectivity index (χ0v) is 9.61. The lowest BCUT2D eigenvalue weighted by molar-refractivity contribution is 0.559. The predicted molar refractivity (Wildman–Crippen MR) is 64.5 cm³/mol. The van der Waals surface area contributed by atoms with Gasteiger partial charge in [0.05, 0.1) is 12.5 Å². The van der Waals surface area contributed by atoms with Crippen molar-refractivity contribution in [2.24, 2.45) is 4.99 Å². The third-order valence-electron chi connectivity index (χ3n) is 2.40. The van der Waals surface area contributed by atoms with Gasteiger partial charge in [-0.15, -0.1) is 0 Å². The summed E-state index contributed by atoms with van der Waals surface area (Å²) in [5, 5.41) is 0. The van der Waals surface area contributed by atoms with Crippen LogP contribution in [0.3, 0.4) is 0 Å². The summed E-state index contributed by atoms with van der Waals surface area (Å²) in [5.74, 6) is 0.848. The van der Waals surface area contributed by atoms with Crippen molar-refractivity contribution in [3.8, 4) is 0 Å². The van der Waals surface area contributed by atoms with Crippen LogP contribution in [0.4, 0.5) is 0 Å². The molecule has 1 aromatic heterocycles. The number of nitrogens with zero attached hydrogens (tertiary/aromatic N) is 1. The van der Waals surface area contributed by atoms with E-state index in [0.29, 0.717) is 0 Å². The molecule has 0 N–H and O–H groups in total. The fraction of sp³-hybridized carbons (Fsp3) is 0.615. The van der Waals surface area contributed by atoms with E-state index < -0.39 is 0 Å². The average molecular weight is 207 g/mol. The van der Waals surface area contributed by atoms with E-state index in [0.717, 1.165) is 12.3 Å². The first-order valence-electron chi connectivity index (χ1n) is 5.97. The Hall–Kier alpha value is -1.05. The summed E-state index contributed by atoms with van der Waals surface area (Å²) in [4.78, 5) is 4.31. The van der Waals surface area contributed by atoms with E-state index in [-0.39, 0.29) is 0 Å². The lowest BCUT2D eigenvalue weighted by Crippen LogP contribution is -1.84. The topological polar surface area (TPSA) is 25.5 Å². The van der Waals surface area contributed by atoms with Crippen LogP contribution < -0.4 is 0 Å². The van der Waals surface area contributed by atoms with E-state index in [2.05, 4.69) is 11.9 Å². The van der Waals surface area contributed by atoms with E-state index in [1.54, 1.807) is 6.26 Å². The van der Waals surface area contributed by atoms with E-state index in [4.69, 9.17) is 4.42 Å². The van der Waals surface area contributed by atoms with Crippen molar-refractivity contribution in [2.75, 3.05) is 6.54 Å². The number of rotatable bonds is 8. The molecule has 0 aliphatic heterocycles. The minimum Gasteiger partial charge on any atom is -0.463 e. The fourth-order valence-electron chi connectivity index (χ4n) is 1.50. The molecule has 0 radical (unpaired) electrons. The molecule has 0 aromatic carbocycles. The second-order valence-electron chi connectivity index (χ2n) is 3.82. The molecule has 0 atom stereocenters. The van der Waals surface area contributed by atoms with Gasteiger partial charge in [-0.05, 0) is 18.6 Å². The Morgan fingerprint density at radius 2 is 2.00 bits per heavy atom. The van der Waals surface area contributed by atoms with Gasteiger partial charge in [-0.2, -0.15) is 0 Å². The van der Waals surface area contributed by atoms with Gasteiger partial charge in [0, 0.05) is 6.54 Å². The van der Waals surface area contributed by atoms with Gasteiger partial charge in [0.25, 0.3) is 0 Å². The first-order chi connectivity index (χ1) is 7.43. The Morgan fingerprint density at radius 3 is 2.73 bits per heavy atom. The van der Waals surface area contributed by atoms with Crippen LogP contribution in [0, 0.1) is 0 Å². The molecule has 0 fully saturated rings. The molecule has 15 heavy (non-hydrogen) atoms. The smallest absolute Gasteiger partial charge is 0.144 e. The van der Waals surface area contributed by atoms with Crippen LogP contribution in [-0.2, 0) is 0 Å². The number of furan rings is 1. The normalized spacial score (nSPS) is 11.3. The Kier molecular flexibility index (Phi) is 6.63. The maximum Gasteiger partial charge on any atom is 0.144 e. The third kappa shape index (κ3) is 6.10. The van der Waals surface area contributed by atoms with Crippen molar-refractivity contribution in [3.05, 3.63) is 24.2 Å². The third-order valence-corrected chi connectivity index (χ3v) is 2.40. The van der Waals surface area contributed by atoms with Crippen molar-refractivity contribution >= 4 is 6.21 Å². The molecular formula is C13H21NO. The fourth-order valence-corrected chi connectivity index (χ4v) is 1.50. The molecule has 0 saturated carbocycles. The van der Waals surface area contributed by atoms with Gasteiger partial charge in [-0.3, -0.25) is 4.99 Å². The van der Waals surface area contributed by atoms with Gasteiger partial charge in [0.2, 0.25) is 0 Å². The molecule has 0 aliphatic rings. The summed E-state index contributed by atoms with van der Waals surface area (Å²) in [6, 6.07) is 3.80. The van der Waals surface area contributed by atoms with E-state index >= 15 is 0 Å². The summed E-state index contributed by atoms with van der Waals surface area (Å²) in [6.45, 7) is 3.17. The van der Waals surface area contributed by atoms with Crippen molar-refractivity contribution in [1.82, 2.24) is 0 Å². The van der Waals surface area contributed by atoms with Crippen LogP contribution in [0.25, 0.3) is 0 Å². The van der Waals surface area contributed by atoms with E-state index in [1.807, 2.05) is 18.3 Å². The van der Waals surface area contributed by atoms with Gasteiger partial charge in [-0.25, -0.2) is 0 Å². The van der Waals surface area contributed by atoms with Crippen LogP contribution >= 0.6 is 0 Å². The van der Waals surface area contributed by atoms with Crippen LogP contribution in [0.2, 0.25) is 0 Å². The number of unbranched alkanes of at least 4 members (excludes halogenated alkanes) is 5. The highest BCUT2D eigenvalue weighted by Crippen LogP contribution is 2.04. The lowest BCUT2D eigenvalue weighted by atomic mass is 10.1. The molecule has 1 aromatic rings. The van der Waals surface area contributed by atoms with Crippen LogP contribution in [0.5, 0.6) is 0 Å². The zero-order chi connectivity index (χ0) is 10.8. The molecule has 84 valence electrons. The van der Waals surface area contributed by atoms with Crippen molar-refractivity contribution in [3.63, 3.8) is 0 Å². The molecule has 2 heteroatoms. The summed E-state index contributed by atoms with van der Waals surface area (Å²) in [7, 11) is 0. The van der Waals surface area contributed by atoms with Gasteiger partial charge < -0.3 is 4.42 Å². The van der Waals surface area contributed by atoms with Gasteiger partial charge in [-0.1, -0.05) is 39.0 Å². The minimum atomic E-state index is 0.848. The van der Waals surface area contributed by atoms with Gasteiger partial charge in [0.1, 0.15) is 5.76 Å². The SMILES string of the molecule is CCCCCCCCN=Cc1ccco1. The summed E-state index contributed by atoms with van der Waals surface area (Å²) >= 11 is 0. The van der Waals surface area contributed by atoms with Crippen LogP contribution in [0.15, 0.2) is 27.8 Å². The van der Waals surface area contributed by atoms with E-state index in [9.17, 15) is 0 Å². The molecule has 0 spiro atoms. The van der Waals surface area contributed by atoms with Crippen LogP contribution in [0.1, 0.15) is 51.2 Å². The standard InChI is InChI=1S/C13H21NO/c1-2-3-4-5-6-7-10-14-12-13-9-8-11-15-13/h8-9,11-12H,2-7,10H2,1H3. The largest absolute Gasteiger partial charge is 0.463 e. The molecule has 2 nitrogen and oxygen atoms in total. The lowest BCUT2D eigenvalue weighted by Gasteiger charge is -1.97. The highest BCUT2D eigenvalue weighted by atomic mass is 16.3. The van der Waals surface area contributed by atoms with Crippen LogP contribution in [-0.4, -0.2) is 12.8 Å². The monoisotopic (exact) mass is 207 g/mol. The summed E-state index contributed by atoms with van der Waals surface area (Å²) < 4.78 is 5.14. The maximum atomic E-state index is 5.14. The maximum absolute atomic E-state index is 5.14. The molecule has 1 heterocycles. The highest BCUT2D eigenvalue weighted by Gasteiger charge is 1.90. The van der Waals surface area contributed by atoms with Crippen molar-refractivity contribution in [2.45, 2.75) is 45.4 Å². The highest BCUT2D eigenvalue weighted by molar-refractivity contribution is 5.75.